The monoisotopic (exact) mass is 375 g/mol. The van der Waals surface area contributed by atoms with E-state index in [2.05, 4.69) is 15.3 Å². The molecule has 3 rings (SSSR count). The Hall–Kier alpha value is -3.61. The molecule has 0 aliphatic rings. The van der Waals surface area contributed by atoms with Crippen molar-refractivity contribution in [3.8, 4) is 11.9 Å². The lowest BCUT2D eigenvalue weighted by atomic mass is 10.2. The minimum Gasteiger partial charge on any atom is -0.481 e. The van der Waals surface area contributed by atoms with E-state index in [1.54, 1.807) is 0 Å². The van der Waals surface area contributed by atoms with Gasteiger partial charge in [0.25, 0.3) is 5.91 Å². The number of ether oxygens (including phenoxy) is 1. The number of hydrogen-bond acceptors (Lipinski definition) is 5. The maximum atomic E-state index is 13.0. The Morgan fingerprint density at radius 1 is 1.33 bits per heavy atom. The molecule has 27 heavy (non-hydrogen) atoms. The van der Waals surface area contributed by atoms with Crippen LogP contribution < -0.4 is 10.1 Å². The first-order valence-corrected chi connectivity index (χ1v) is 7.59. The maximum absolute atomic E-state index is 13.0. The fourth-order valence-corrected chi connectivity index (χ4v) is 2.44. The van der Waals surface area contributed by atoms with Gasteiger partial charge in [-0.2, -0.15) is 18.4 Å². The molecule has 0 saturated carbocycles. The summed E-state index contributed by atoms with van der Waals surface area (Å²) in [5, 5.41) is 11.3. The Bertz CT molecular complexity index is 1040. The van der Waals surface area contributed by atoms with Crippen molar-refractivity contribution in [2.75, 3.05) is 12.4 Å². The highest BCUT2D eigenvalue weighted by molar-refractivity contribution is 6.04. The highest BCUT2D eigenvalue weighted by Gasteiger charge is 2.31. The van der Waals surface area contributed by atoms with Crippen molar-refractivity contribution in [2.24, 2.45) is 0 Å². The molecule has 0 fully saturated rings. The third-order valence-corrected chi connectivity index (χ3v) is 3.65. The molecule has 0 spiro atoms. The number of halogens is 3. The van der Waals surface area contributed by atoms with Gasteiger partial charge in [0, 0.05) is 12.3 Å². The molecule has 0 radical (unpaired) electrons. The first kappa shape index (κ1) is 18.2. The van der Waals surface area contributed by atoms with Gasteiger partial charge in [0.05, 0.1) is 35.3 Å². The predicted octanol–water partition coefficient (Wildman–Crippen LogP) is 3.13. The summed E-state index contributed by atoms with van der Waals surface area (Å²) >= 11 is 0. The lowest BCUT2D eigenvalue weighted by Gasteiger charge is -2.12. The van der Waals surface area contributed by atoms with Crippen LogP contribution in [0, 0.1) is 11.3 Å². The van der Waals surface area contributed by atoms with Crippen LogP contribution >= 0.6 is 0 Å². The van der Waals surface area contributed by atoms with E-state index in [0.29, 0.717) is 5.88 Å². The number of fused-ring (bicyclic) bond motifs is 1. The number of amides is 1. The van der Waals surface area contributed by atoms with Gasteiger partial charge < -0.3 is 9.30 Å². The summed E-state index contributed by atoms with van der Waals surface area (Å²) in [6, 6.07) is 8.89. The average Bonchev–Trinajstić information content (AvgIpc) is 2.96. The van der Waals surface area contributed by atoms with Gasteiger partial charge in [0.2, 0.25) is 11.8 Å². The highest BCUT2D eigenvalue weighted by atomic mass is 19.4. The van der Waals surface area contributed by atoms with Crippen LogP contribution in [0.3, 0.4) is 0 Å². The smallest absolute Gasteiger partial charge is 0.406 e. The SMILES string of the molecule is COc1ccc(C(=O)Nc2nc3ccc(C#N)cc3n2CC(F)(F)F)cn1. The van der Waals surface area contributed by atoms with Crippen molar-refractivity contribution in [2.45, 2.75) is 12.7 Å². The van der Waals surface area contributed by atoms with Gasteiger partial charge in [-0.05, 0) is 24.3 Å². The minimum absolute atomic E-state index is 0.0922. The molecular weight excluding hydrogens is 363 g/mol. The number of hydrogen-bond donors (Lipinski definition) is 1. The Morgan fingerprint density at radius 3 is 2.70 bits per heavy atom. The van der Waals surface area contributed by atoms with Gasteiger partial charge in [-0.3, -0.25) is 10.1 Å². The van der Waals surface area contributed by atoms with Crippen molar-refractivity contribution >= 4 is 22.9 Å². The van der Waals surface area contributed by atoms with E-state index in [-0.39, 0.29) is 28.1 Å². The van der Waals surface area contributed by atoms with Crippen molar-refractivity contribution in [3.63, 3.8) is 0 Å². The number of nitriles is 1. The summed E-state index contributed by atoms with van der Waals surface area (Å²) in [4.78, 5) is 20.3. The highest BCUT2D eigenvalue weighted by Crippen LogP contribution is 2.27. The minimum atomic E-state index is -4.54. The molecule has 10 heteroatoms. The number of methoxy groups -OCH3 is 1. The number of pyridine rings is 1. The van der Waals surface area contributed by atoms with Gasteiger partial charge in [-0.15, -0.1) is 0 Å². The molecule has 0 aliphatic carbocycles. The summed E-state index contributed by atoms with van der Waals surface area (Å²) in [5.41, 5.74) is 0.623. The van der Waals surface area contributed by atoms with Crippen molar-refractivity contribution in [1.29, 1.82) is 5.26 Å². The fraction of sp³-hybridized carbons (Fsp3) is 0.176. The van der Waals surface area contributed by atoms with Crippen LogP contribution in [-0.4, -0.2) is 33.7 Å². The second-order valence-corrected chi connectivity index (χ2v) is 5.50. The number of carbonyl (C=O) groups is 1. The summed E-state index contributed by atoms with van der Waals surface area (Å²) in [6.07, 6.45) is -3.31. The third kappa shape index (κ3) is 3.98. The maximum Gasteiger partial charge on any atom is 0.406 e. The standard InChI is InChI=1S/C17H12F3N5O2/c1-27-14-5-3-11(8-22-14)15(26)24-16-23-12-4-2-10(7-21)6-13(12)25(16)9-17(18,19)20/h2-6,8H,9H2,1H3,(H,23,24,26). The van der Waals surface area contributed by atoms with E-state index in [9.17, 15) is 18.0 Å². The van der Waals surface area contributed by atoms with Crippen LogP contribution in [0.5, 0.6) is 5.88 Å². The van der Waals surface area contributed by atoms with E-state index in [0.717, 1.165) is 4.57 Å². The molecule has 0 aliphatic heterocycles. The normalized spacial score (nSPS) is 11.2. The van der Waals surface area contributed by atoms with Gasteiger partial charge in [-0.25, -0.2) is 9.97 Å². The zero-order valence-corrected chi connectivity index (χ0v) is 13.9. The van der Waals surface area contributed by atoms with Crippen LogP contribution in [-0.2, 0) is 6.54 Å². The van der Waals surface area contributed by atoms with Gasteiger partial charge in [-0.1, -0.05) is 0 Å². The molecular formula is C17H12F3N5O2. The Morgan fingerprint density at radius 2 is 2.11 bits per heavy atom. The molecule has 0 bridgehead atoms. The molecule has 1 N–H and O–H groups in total. The third-order valence-electron chi connectivity index (χ3n) is 3.65. The topological polar surface area (TPSA) is 92.8 Å². The fourth-order valence-electron chi connectivity index (χ4n) is 2.44. The number of benzene rings is 1. The van der Waals surface area contributed by atoms with E-state index < -0.39 is 18.6 Å². The Labute approximate surface area is 151 Å². The van der Waals surface area contributed by atoms with E-state index in [1.165, 1.54) is 43.6 Å². The predicted molar refractivity (Wildman–Crippen MR) is 89.2 cm³/mol. The van der Waals surface area contributed by atoms with E-state index >= 15 is 0 Å². The van der Waals surface area contributed by atoms with Crippen molar-refractivity contribution < 1.29 is 22.7 Å². The van der Waals surface area contributed by atoms with Crippen molar-refractivity contribution in [3.05, 3.63) is 47.7 Å². The molecule has 2 aromatic heterocycles. The summed E-state index contributed by atoms with van der Waals surface area (Å²) in [5.74, 6) is -0.664. The number of nitrogens with zero attached hydrogens (tertiary/aromatic N) is 4. The zero-order valence-electron chi connectivity index (χ0n) is 13.9. The molecule has 2 heterocycles. The molecule has 3 aromatic rings. The Balaban J connectivity index is 2.00. The first-order valence-electron chi connectivity index (χ1n) is 7.59. The van der Waals surface area contributed by atoms with Crippen LogP contribution in [0.15, 0.2) is 36.5 Å². The number of imidazole rings is 1. The van der Waals surface area contributed by atoms with Crippen LogP contribution in [0.2, 0.25) is 0 Å². The number of alkyl halides is 3. The number of rotatable bonds is 4. The molecule has 0 unspecified atom stereocenters. The molecule has 0 atom stereocenters. The van der Waals surface area contributed by atoms with Crippen LogP contribution in [0.1, 0.15) is 15.9 Å². The zero-order chi connectivity index (χ0) is 19.6. The molecule has 1 aromatic carbocycles. The lowest BCUT2D eigenvalue weighted by Crippen LogP contribution is -2.22. The quantitative estimate of drug-likeness (QED) is 0.756. The lowest BCUT2D eigenvalue weighted by molar-refractivity contribution is -0.139. The van der Waals surface area contributed by atoms with Crippen LogP contribution in [0.25, 0.3) is 11.0 Å². The van der Waals surface area contributed by atoms with E-state index in [4.69, 9.17) is 10.00 Å². The van der Waals surface area contributed by atoms with Crippen LogP contribution in [0.4, 0.5) is 19.1 Å². The summed E-state index contributed by atoms with van der Waals surface area (Å²) < 4.78 is 44.7. The first-order chi connectivity index (χ1) is 12.8. The number of carbonyl (C=O) groups excluding carboxylic acids is 1. The van der Waals surface area contributed by atoms with Gasteiger partial charge in [0.1, 0.15) is 6.54 Å². The number of aromatic nitrogens is 3. The number of anilines is 1. The summed E-state index contributed by atoms with van der Waals surface area (Å²) in [7, 11) is 1.41. The number of nitrogens with one attached hydrogen (secondary N) is 1. The molecule has 0 saturated heterocycles. The Kier molecular flexibility index (Phi) is 4.68. The van der Waals surface area contributed by atoms with E-state index in [1.807, 2.05) is 6.07 Å². The average molecular weight is 375 g/mol. The van der Waals surface area contributed by atoms with Gasteiger partial charge in [0.15, 0.2) is 0 Å². The van der Waals surface area contributed by atoms with Gasteiger partial charge >= 0.3 is 6.18 Å². The molecule has 138 valence electrons. The summed E-state index contributed by atoms with van der Waals surface area (Å²) in [6.45, 7) is -1.37. The molecule has 7 nitrogen and oxygen atoms in total. The second-order valence-electron chi connectivity index (χ2n) is 5.50. The second kappa shape index (κ2) is 6.95. The largest absolute Gasteiger partial charge is 0.481 e. The molecule has 1 amide bonds. The van der Waals surface area contributed by atoms with Crippen molar-refractivity contribution in [1.82, 2.24) is 14.5 Å².